The molecule has 5 rings (SSSR count). The fraction of sp³-hybridized carbons (Fsp3) is 0.368. The number of methoxy groups -OCH3 is 1. The van der Waals surface area contributed by atoms with E-state index in [1.165, 1.54) is 19.2 Å². The van der Waals surface area contributed by atoms with Gasteiger partial charge in [0.25, 0.3) is 17.7 Å². The van der Waals surface area contributed by atoms with Crippen LogP contribution in [0.1, 0.15) is 87.6 Å². The van der Waals surface area contributed by atoms with E-state index < -0.39 is 11.9 Å². The van der Waals surface area contributed by atoms with Crippen LogP contribution in [0.15, 0.2) is 66.7 Å². The highest BCUT2D eigenvalue weighted by atomic mass is 16.5. The van der Waals surface area contributed by atoms with Crippen LogP contribution in [0.2, 0.25) is 0 Å². The van der Waals surface area contributed by atoms with Gasteiger partial charge in [0, 0.05) is 31.0 Å². The van der Waals surface area contributed by atoms with E-state index in [-0.39, 0.29) is 41.0 Å². The number of aliphatic hydroxyl groups excluding tert-OH is 1. The highest BCUT2D eigenvalue weighted by Gasteiger charge is 2.32. The molecule has 0 radical (unpaired) electrons. The maximum absolute atomic E-state index is 14.5. The van der Waals surface area contributed by atoms with Crippen LogP contribution < -0.4 is 10.1 Å². The first-order valence-corrected chi connectivity index (χ1v) is 16.9. The SMILES string of the molecule is CCCCN(CCCC)C(=O)c1cc(C)n(-c2ccc(NC(=O)c3cc(OC)ccc3O)cc2C(=O)N2Cc3ccccc3C[C@H]2CO)n1. The molecule has 0 aliphatic carbocycles. The van der Waals surface area contributed by atoms with Gasteiger partial charge in [-0.3, -0.25) is 14.4 Å². The summed E-state index contributed by atoms with van der Waals surface area (Å²) in [5.74, 6) is -0.937. The highest BCUT2D eigenvalue weighted by Crippen LogP contribution is 2.30. The minimum absolute atomic E-state index is 0.00561. The lowest BCUT2D eigenvalue weighted by molar-refractivity contribution is 0.0544. The van der Waals surface area contributed by atoms with Crippen molar-refractivity contribution < 1.29 is 29.3 Å². The summed E-state index contributed by atoms with van der Waals surface area (Å²) in [7, 11) is 1.47. The number of aryl methyl sites for hydroxylation is 1. The second-order valence-electron chi connectivity index (χ2n) is 12.4. The third-order valence-corrected chi connectivity index (χ3v) is 8.95. The molecule has 3 N–H and O–H groups in total. The zero-order chi connectivity index (χ0) is 35.1. The Labute approximate surface area is 287 Å². The van der Waals surface area contributed by atoms with Gasteiger partial charge in [-0.05, 0) is 79.8 Å². The molecule has 2 heterocycles. The number of nitrogens with zero attached hydrogens (tertiary/aromatic N) is 4. The molecule has 4 aromatic rings. The standard InChI is InChI=1S/C38H45N5O6/c1-5-7-17-41(18-8-6-2)38(48)33-19-25(3)43(40-33)34-15-13-28(39-36(46)32-22-30(49-4)14-16-35(32)45)21-31(34)37(47)42-23-27-12-10-9-11-26(27)20-29(42)24-44/h9-16,19,21-22,29,44-45H,5-8,17-18,20,23-24H2,1-4H3,(H,39,46)/t29-/m0/s1. The maximum Gasteiger partial charge on any atom is 0.274 e. The van der Waals surface area contributed by atoms with Crippen molar-refractivity contribution in [2.24, 2.45) is 0 Å². The summed E-state index contributed by atoms with van der Waals surface area (Å²) >= 11 is 0. The smallest absolute Gasteiger partial charge is 0.274 e. The second-order valence-corrected chi connectivity index (χ2v) is 12.4. The zero-order valence-electron chi connectivity index (χ0n) is 28.6. The van der Waals surface area contributed by atoms with Crippen molar-refractivity contribution >= 4 is 23.4 Å². The molecule has 11 heteroatoms. The number of benzene rings is 3. The fourth-order valence-electron chi connectivity index (χ4n) is 6.13. The van der Waals surface area contributed by atoms with Gasteiger partial charge in [-0.25, -0.2) is 4.68 Å². The lowest BCUT2D eigenvalue weighted by Crippen LogP contribution is -2.46. The number of carbonyl (C=O) groups is 3. The van der Waals surface area contributed by atoms with Crippen LogP contribution in [-0.2, 0) is 13.0 Å². The van der Waals surface area contributed by atoms with Crippen LogP contribution in [0.25, 0.3) is 5.69 Å². The van der Waals surface area contributed by atoms with Crippen molar-refractivity contribution in [3.05, 3.63) is 100 Å². The van der Waals surface area contributed by atoms with Crippen LogP contribution in [0.5, 0.6) is 11.5 Å². The Bertz CT molecular complexity index is 1810. The molecule has 1 aliphatic rings. The molecule has 11 nitrogen and oxygen atoms in total. The minimum Gasteiger partial charge on any atom is -0.507 e. The summed E-state index contributed by atoms with van der Waals surface area (Å²) < 4.78 is 6.81. The number of hydrogen-bond donors (Lipinski definition) is 3. The predicted molar refractivity (Wildman–Crippen MR) is 188 cm³/mol. The molecular formula is C38H45N5O6. The normalized spacial score (nSPS) is 13.9. The van der Waals surface area contributed by atoms with Gasteiger partial charge < -0.3 is 30.1 Å². The Morgan fingerprint density at radius 3 is 2.35 bits per heavy atom. The van der Waals surface area contributed by atoms with Crippen molar-refractivity contribution in [3.63, 3.8) is 0 Å². The number of fused-ring (bicyclic) bond motifs is 1. The van der Waals surface area contributed by atoms with E-state index in [4.69, 9.17) is 9.84 Å². The number of aromatic nitrogens is 2. The van der Waals surface area contributed by atoms with Crippen LogP contribution in [-0.4, -0.2) is 80.4 Å². The molecule has 0 fully saturated rings. The fourth-order valence-corrected chi connectivity index (χ4v) is 6.13. The number of ether oxygens (including phenoxy) is 1. The Morgan fingerprint density at radius 2 is 1.67 bits per heavy atom. The van der Waals surface area contributed by atoms with Gasteiger partial charge in [0.2, 0.25) is 0 Å². The lowest BCUT2D eigenvalue weighted by Gasteiger charge is -2.36. The average Bonchev–Trinajstić information content (AvgIpc) is 3.51. The molecule has 1 aliphatic heterocycles. The molecule has 0 unspecified atom stereocenters. The second kappa shape index (κ2) is 15.8. The topological polar surface area (TPSA) is 137 Å². The van der Waals surface area contributed by atoms with E-state index in [1.807, 2.05) is 36.1 Å². The van der Waals surface area contributed by atoms with Gasteiger partial charge in [0.15, 0.2) is 5.69 Å². The van der Waals surface area contributed by atoms with Crippen molar-refractivity contribution in [3.8, 4) is 17.2 Å². The van der Waals surface area contributed by atoms with Crippen LogP contribution in [0, 0.1) is 6.92 Å². The van der Waals surface area contributed by atoms with Gasteiger partial charge in [0.1, 0.15) is 11.5 Å². The summed E-state index contributed by atoms with van der Waals surface area (Å²) in [5.41, 5.74) is 3.97. The number of nitrogens with one attached hydrogen (secondary N) is 1. The van der Waals surface area contributed by atoms with Gasteiger partial charge in [0.05, 0.1) is 36.6 Å². The summed E-state index contributed by atoms with van der Waals surface area (Å²) in [6.45, 7) is 7.35. The Hall–Kier alpha value is -5.16. The van der Waals surface area contributed by atoms with E-state index in [0.29, 0.717) is 48.9 Å². The van der Waals surface area contributed by atoms with E-state index in [9.17, 15) is 24.6 Å². The molecule has 0 saturated heterocycles. The first kappa shape index (κ1) is 35.2. The number of aromatic hydroxyl groups is 1. The quantitative estimate of drug-likeness (QED) is 0.165. The van der Waals surface area contributed by atoms with Gasteiger partial charge in [-0.2, -0.15) is 5.10 Å². The number of amides is 3. The molecule has 0 spiro atoms. The molecule has 3 amide bonds. The number of unbranched alkanes of at least 4 members (excludes halogenated alkanes) is 2. The van der Waals surface area contributed by atoms with Crippen molar-refractivity contribution in [1.82, 2.24) is 19.6 Å². The summed E-state index contributed by atoms with van der Waals surface area (Å²) in [6, 6.07) is 18.4. The first-order chi connectivity index (χ1) is 23.7. The van der Waals surface area contributed by atoms with E-state index in [1.54, 1.807) is 39.9 Å². The molecule has 0 saturated carbocycles. The number of carbonyl (C=O) groups excluding carboxylic acids is 3. The van der Waals surface area contributed by atoms with Gasteiger partial charge in [-0.1, -0.05) is 51.0 Å². The summed E-state index contributed by atoms with van der Waals surface area (Å²) in [5, 5.41) is 28.3. The number of anilines is 1. The molecule has 49 heavy (non-hydrogen) atoms. The molecule has 3 aromatic carbocycles. The summed E-state index contributed by atoms with van der Waals surface area (Å²) in [6.07, 6.45) is 4.19. The molecule has 258 valence electrons. The van der Waals surface area contributed by atoms with Gasteiger partial charge in [-0.15, -0.1) is 0 Å². The van der Waals surface area contributed by atoms with Gasteiger partial charge >= 0.3 is 0 Å². The van der Waals surface area contributed by atoms with E-state index in [2.05, 4.69) is 19.2 Å². The molecule has 1 aromatic heterocycles. The maximum atomic E-state index is 14.5. The number of phenols is 1. The predicted octanol–water partition coefficient (Wildman–Crippen LogP) is 5.75. The Balaban J connectivity index is 1.55. The zero-order valence-corrected chi connectivity index (χ0v) is 28.6. The van der Waals surface area contributed by atoms with Crippen LogP contribution >= 0.6 is 0 Å². The van der Waals surface area contributed by atoms with Crippen molar-refractivity contribution in [2.45, 2.75) is 65.5 Å². The Kier molecular flexibility index (Phi) is 11.4. The third-order valence-electron chi connectivity index (χ3n) is 8.95. The van der Waals surface area contributed by atoms with E-state index in [0.717, 1.165) is 36.8 Å². The van der Waals surface area contributed by atoms with Crippen LogP contribution in [0.4, 0.5) is 5.69 Å². The number of phenolic OH excluding ortho intramolecular Hbond substituents is 1. The molecule has 1 atom stereocenters. The average molecular weight is 668 g/mol. The number of aliphatic hydroxyl groups is 1. The van der Waals surface area contributed by atoms with E-state index >= 15 is 0 Å². The molecule has 0 bridgehead atoms. The third kappa shape index (κ3) is 7.78. The molecular weight excluding hydrogens is 622 g/mol. The minimum atomic E-state index is -0.593. The Morgan fingerprint density at radius 1 is 0.959 bits per heavy atom. The number of hydrogen-bond acceptors (Lipinski definition) is 7. The number of rotatable bonds is 13. The van der Waals surface area contributed by atoms with Crippen LogP contribution in [0.3, 0.4) is 0 Å². The lowest BCUT2D eigenvalue weighted by atomic mass is 9.93. The highest BCUT2D eigenvalue weighted by molar-refractivity contribution is 6.07. The summed E-state index contributed by atoms with van der Waals surface area (Å²) in [4.78, 5) is 45.0. The monoisotopic (exact) mass is 667 g/mol. The van der Waals surface area contributed by atoms with Crippen molar-refractivity contribution in [2.75, 3.05) is 32.1 Å². The van der Waals surface area contributed by atoms with Crippen molar-refractivity contribution in [1.29, 1.82) is 0 Å². The first-order valence-electron chi connectivity index (χ1n) is 16.9. The largest absolute Gasteiger partial charge is 0.507 e.